The van der Waals surface area contributed by atoms with Crippen LogP contribution in [0, 0.1) is 0 Å². The first kappa shape index (κ1) is 17.7. The first-order chi connectivity index (χ1) is 6.78. The van der Waals surface area contributed by atoms with Gasteiger partial charge in [-0.15, -0.1) is 0 Å². The maximum atomic E-state index is 12.4. The van der Waals surface area contributed by atoms with Gasteiger partial charge in [-0.2, -0.15) is 8.78 Å². The van der Waals surface area contributed by atoms with Crippen LogP contribution in [0.15, 0.2) is 0 Å². The van der Waals surface area contributed by atoms with E-state index in [0.29, 0.717) is 0 Å². The van der Waals surface area contributed by atoms with Crippen LogP contribution in [0.3, 0.4) is 0 Å². The molecule has 0 aromatic carbocycles. The molecule has 0 fully saturated rings. The Morgan fingerprint density at radius 1 is 1.12 bits per heavy atom. The summed E-state index contributed by atoms with van der Waals surface area (Å²) in [5, 5.41) is 0. The summed E-state index contributed by atoms with van der Waals surface area (Å²) >= 11 is 0. The van der Waals surface area contributed by atoms with E-state index in [1.165, 1.54) is 0 Å². The molecule has 0 aliphatic carbocycles. The van der Waals surface area contributed by atoms with Crippen LogP contribution in [0.25, 0.3) is 0 Å². The second kappa shape index (κ2) is 6.78. The number of rotatable bonds is 4. The van der Waals surface area contributed by atoms with Crippen molar-refractivity contribution in [1.29, 1.82) is 0 Å². The van der Waals surface area contributed by atoms with Crippen molar-refractivity contribution in [3.63, 3.8) is 0 Å². The third-order valence-corrected chi connectivity index (χ3v) is 1.25. The summed E-state index contributed by atoms with van der Waals surface area (Å²) < 4.78 is 71.2. The van der Waals surface area contributed by atoms with Gasteiger partial charge in [-0.05, 0) is 0 Å². The van der Waals surface area contributed by atoms with Crippen LogP contribution in [0.1, 0.15) is 2.85 Å². The van der Waals surface area contributed by atoms with Crippen LogP contribution >= 0.6 is 0 Å². The van der Waals surface area contributed by atoms with Gasteiger partial charge in [-0.3, -0.25) is 4.94 Å². The quantitative estimate of drug-likeness (QED) is 0.562. The van der Waals surface area contributed by atoms with E-state index in [1.54, 1.807) is 0 Å². The summed E-state index contributed by atoms with van der Waals surface area (Å²) in [7, 11) is 0. The molecule has 0 heterocycles. The Morgan fingerprint density at radius 3 is 1.88 bits per heavy atom. The minimum absolute atomic E-state index is 0. The van der Waals surface area contributed by atoms with Gasteiger partial charge in [0.05, 0.1) is 0 Å². The zero-order chi connectivity index (χ0) is 12.2. The van der Waals surface area contributed by atoms with E-state index in [4.69, 9.17) is 0 Å². The molecule has 0 aromatic rings. The zero-order valence-corrected chi connectivity index (χ0v) is 8.68. The number of halogens is 6. The van der Waals surface area contributed by atoms with Gasteiger partial charge >= 0.3 is 40.9 Å². The molecular weight excluding hydrogens is 262 g/mol. The van der Waals surface area contributed by atoms with Crippen molar-refractivity contribution >= 4 is 35.0 Å². The van der Waals surface area contributed by atoms with E-state index in [2.05, 4.69) is 4.94 Å². The second-order valence-electron chi connectivity index (χ2n) is 2.19. The number of hydrogen-bond donors (Lipinski definition) is 0. The third-order valence-electron chi connectivity index (χ3n) is 1.25. The first-order valence-electron chi connectivity index (χ1n) is 3.10. The van der Waals surface area contributed by atoms with E-state index in [0.717, 1.165) is 0 Å². The standard InChI is InChI=1S/C5H2F6O4.Mg.2H/c6-1(3(12)14-10)2(7)5(8,9)4(13)15-11;;;/h1-2H;;;/q;+2;2*-1. The summed E-state index contributed by atoms with van der Waals surface area (Å²) in [5.74, 6) is -10.9. The molecule has 0 aliphatic rings. The smallest absolute Gasteiger partial charge is 1.00 e. The largest absolute Gasteiger partial charge is 2.00 e. The summed E-state index contributed by atoms with van der Waals surface area (Å²) in [4.78, 5) is 23.9. The van der Waals surface area contributed by atoms with Crippen molar-refractivity contribution in [3.05, 3.63) is 0 Å². The predicted molar refractivity (Wildman–Crippen MR) is 37.1 cm³/mol. The molecule has 0 bridgehead atoms. The van der Waals surface area contributed by atoms with Crippen molar-refractivity contribution in [2.24, 2.45) is 0 Å². The monoisotopic (exact) mass is 266 g/mol. The molecule has 16 heavy (non-hydrogen) atoms. The van der Waals surface area contributed by atoms with Gasteiger partial charge in [0.1, 0.15) is 0 Å². The van der Waals surface area contributed by atoms with Gasteiger partial charge in [0.2, 0.25) is 12.3 Å². The minimum Gasteiger partial charge on any atom is -1.00 e. The molecule has 2 atom stereocenters. The van der Waals surface area contributed by atoms with Crippen molar-refractivity contribution in [1.82, 2.24) is 0 Å². The van der Waals surface area contributed by atoms with Crippen LogP contribution in [0.5, 0.6) is 0 Å². The van der Waals surface area contributed by atoms with E-state index in [9.17, 15) is 36.2 Å². The zero-order valence-electron chi connectivity index (χ0n) is 9.26. The number of carbonyl (C=O) groups excluding carboxylic acids is 2. The first-order valence-corrected chi connectivity index (χ1v) is 3.10. The molecule has 0 spiro atoms. The molecule has 2 unspecified atom stereocenters. The molecule has 0 aliphatic heterocycles. The van der Waals surface area contributed by atoms with Gasteiger partial charge in [0, 0.05) is 9.05 Å². The molecule has 0 amide bonds. The average Bonchev–Trinajstić information content (AvgIpc) is 2.24. The maximum absolute atomic E-state index is 12.4. The molecule has 0 radical (unpaired) electrons. The van der Waals surface area contributed by atoms with Crippen molar-refractivity contribution < 1.29 is 48.9 Å². The van der Waals surface area contributed by atoms with E-state index >= 15 is 0 Å². The van der Waals surface area contributed by atoms with Crippen LogP contribution in [0.4, 0.5) is 26.6 Å². The van der Waals surface area contributed by atoms with Gasteiger partial charge in [0.25, 0.3) is 0 Å². The Morgan fingerprint density at radius 2 is 1.56 bits per heavy atom. The maximum Gasteiger partial charge on any atom is 2.00 e. The average molecular weight is 266 g/mol. The van der Waals surface area contributed by atoms with Gasteiger partial charge < -0.3 is 2.85 Å². The summed E-state index contributed by atoms with van der Waals surface area (Å²) in [6.45, 7) is 0. The van der Waals surface area contributed by atoms with Crippen LogP contribution in [0.2, 0.25) is 0 Å². The van der Waals surface area contributed by atoms with Crippen LogP contribution < -0.4 is 0 Å². The fraction of sp³-hybridized carbons (Fsp3) is 0.600. The van der Waals surface area contributed by atoms with Crippen LogP contribution in [-0.4, -0.2) is 53.3 Å². The Labute approximate surface area is 103 Å². The molecule has 0 saturated heterocycles. The molecule has 0 aromatic heterocycles. The molecular formula is C5H4F6MgO4. The number of carbonyl (C=O) groups is 2. The molecule has 0 saturated carbocycles. The fourth-order valence-corrected chi connectivity index (χ4v) is 0.510. The molecule has 0 N–H and O–H groups in total. The SMILES string of the molecule is O=C(OF)C(F)C(F)C(F)(F)C(=O)OF.[H-].[H-].[Mg+2]. The normalized spacial score (nSPS) is 14.4. The van der Waals surface area contributed by atoms with Crippen molar-refractivity contribution in [2.75, 3.05) is 0 Å². The Hall–Kier alpha value is -0.714. The molecule has 11 heteroatoms. The van der Waals surface area contributed by atoms with E-state index in [-0.39, 0.29) is 25.9 Å². The molecule has 4 nitrogen and oxygen atoms in total. The van der Waals surface area contributed by atoms with Crippen molar-refractivity contribution in [3.8, 4) is 0 Å². The van der Waals surface area contributed by atoms with E-state index in [1.807, 2.05) is 4.94 Å². The van der Waals surface area contributed by atoms with E-state index < -0.39 is 30.2 Å². The minimum atomic E-state index is -5.28. The van der Waals surface area contributed by atoms with Gasteiger partial charge in [0.15, 0.2) is 0 Å². The number of alkyl halides is 4. The molecule has 92 valence electrons. The second-order valence-corrected chi connectivity index (χ2v) is 2.19. The fourth-order valence-electron chi connectivity index (χ4n) is 0.510. The van der Waals surface area contributed by atoms with Crippen LogP contribution in [-0.2, 0) is 19.5 Å². The number of hydrogen-bond acceptors (Lipinski definition) is 4. The summed E-state index contributed by atoms with van der Waals surface area (Å²) in [5.41, 5.74) is 0. The Balaban J connectivity index is -0.000000327. The third kappa shape index (κ3) is 3.70. The van der Waals surface area contributed by atoms with Crippen molar-refractivity contribution in [2.45, 2.75) is 18.3 Å². The summed E-state index contributed by atoms with van der Waals surface area (Å²) in [6, 6.07) is 0. The van der Waals surface area contributed by atoms with Gasteiger partial charge in [-0.1, -0.05) is 0 Å². The Kier molecular flexibility index (Phi) is 7.49. The topological polar surface area (TPSA) is 52.6 Å². The Bertz CT molecular complexity index is 270. The molecule has 0 rings (SSSR count). The predicted octanol–water partition coefficient (Wildman–Crippen LogP) is 0.998. The van der Waals surface area contributed by atoms with Gasteiger partial charge in [-0.25, -0.2) is 23.3 Å². The summed E-state index contributed by atoms with van der Waals surface area (Å²) in [6.07, 6.45) is -7.91.